The van der Waals surface area contributed by atoms with Crippen LogP contribution in [0.25, 0.3) is 0 Å². The lowest BCUT2D eigenvalue weighted by molar-refractivity contribution is 0.531. The summed E-state index contributed by atoms with van der Waals surface area (Å²) in [4.78, 5) is 15.8. The first kappa shape index (κ1) is 18.0. The molecule has 25 heavy (non-hydrogen) atoms. The number of hydrogen-bond donors (Lipinski definition) is 3. The van der Waals surface area contributed by atoms with Crippen LogP contribution in [0.3, 0.4) is 0 Å². The van der Waals surface area contributed by atoms with E-state index in [9.17, 15) is 4.79 Å². The highest BCUT2D eigenvalue weighted by Crippen LogP contribution is 2.11. The molecule has 8 heteroatoms. The zero-order valence-electron chi connectivity index (χ0n) is 14.1. The van der Waals surface area contributed by atoms with Crippen molar-refractivity contribution in [2.75, 3.05) is 18.9 Å². The van der Waals surface area contributed by atoms with E-state index in [0.717, 1.165) is 18.5 Å². The number of hydrogen-bond acceptors (Lipinski definition) is 5. The van der Waals surface area contributed by atoms with Gasteiger partial charge < -0.3 is 10.6 Å². The van der Waals surface area contributed by atoms with Gasteiger partial charge in [-0.3, -0.25) is 15.1 Å². The normalized spacial score (nSPS) is 10.8. The minimum Gasteiger partial charge on any atom is -0.356 e. The molecule has 0 unspecified atom stereocenters. The number of rotatable bonds is 7. The van der Waals surface area contributed by atoms with E-state index in [1.807, 2.05) is 36.5 Å². The van der Waals surface area contributed by atoms with Gasteiger partial charge in [-0.1, -0.05) is 18.2 Å². The fourth-order valence-electron chi connectivity index (χ4n) is 2.17. The van der Waals surface area contributed by atoms with Crippen molar-refractivity contribution in [1.82, 2.24) is 20.4 Å². The molecule has 0 radical (unpaired) electrons. The molecular weight excluding hydrogens is 318 g/mol. The van der Waals surface area contributed by atoms with Crippen LogP contribution in [0.2, 0.25) is 0 Å². The molecule has 0 saturated carbocycles. The molecule has 0 atom stereocenters. The van der Waals surface area contributed by atoms with E-state index in [0.29, 0.717) is 24.9 Å². The van der Waals surface area contributed by atoms with Crippen LogP contribution in [0.4, 0.5) is 11.5 Å². The predicted octanol–water partition coefficient (Wildman–Crippen LogP) is 1.41. The van der Waals surface area contributed by atoms with Gasteiger partial charge in [-0.2, -0.15) is 10.4 Å². The zero-order chi connectivity index (χ0) is 17.9. The Morgan fingerprint density at radius 3 is 2.76 bits per heavy atom. The number of benzene rings is 1. The Morgan fingerprint density at radius 2 is 2.04 bits per heavy atom. The summed E-state index contributed by atoms with van der Waals surface area (Å²) in [6.45, 7) is 1.17. The van der Waals surface area contributed by atoms with Crippen molar-refractivity contribution >= 4 is 17.5 Å². The minimum atomic E-state index is -0.131. The van der Waals surface area contributed by atoms with Gasteiger partial charge in [-0.25, -0.2) is 4.68 Å². The van der Waals surface area contributed by atoms with Crippen LogP contribution in [0.5, 0.6) is 0 Å². The van der Waals surface area contributed by atoms with Gasteiger partial charge in [-0.05, 0) is 31.0 Å². The highest BCUT2D eigenvalue weighted by Gasteiger charge is 2.02. The molecule has 0 saturated heterocycles. The number of guanidine groups is 1. The molecule has 2 rings (SSSR count). The first-order valence-corrected chi connectivity index (χ1v) is 7.99. The van der Waals surface area contributed by atoms with Gasteiger partial charge in [0.1, 0.15) is 0 Å². The van der Waals surface area contributed by atoms with E-state index in [1.165, 1.54) is 10.7 Å². The fourth-order valence-corrected chi connectivity index (χ4v) is 2.17. The predicted molar refractivity (Wildman–Crippen MR) is 97.6 cm³/mol. The number of aromatic nitrogens is 2. The van der Waals surface area contributed by atoms with Gasteiger partial charge in [0, 0.05) is 31.9 Å². The third-order valence-corrected chi connectivity index (χ3v) is 3.40. The molecule has 0 aliphatic heterocycles. The van der Waals surface area contributed by atoms with E-state index in [1.54, 1.807) is 13.1 Å². The number of aliphatic imine (C=N–C) groups is 1. The van der Waals surface area contributed by atoms with Crippen LogP contribution >= 0.6 is 0 Å². The summed E-state index contributed by atoms with van der Waals surface area (Å²) < 4.78 is 1.45. The molecule has 1 heterocycles. The van der Waals surface area contributed by atoms with Crippen LogP contribution in [-0.4, -0.2) is 29.3 Å². The second-order valence-corrected chi connectivity index (χ2v) is 5.21. The molecular formula is C17H21N7O. The highest BCUT2D eigenvalue weighted by molar-refractivity contribution is 5.80. The van der Waals surface area contributed by atoms with Gasteiger partial charge in [0.05, 0.1) is 0 Å². The maximum atomic E-state index is 11.9. The van der Waals surface area contributed by atoms with Crippen molar-refractivity contribution < 1.29 is 0 Å². The van der Waals surface area contributed by atoms with Crippen molar-refractivity contribution in [3.8, 4) is 6.19 Å². The van der Waals surface area contributed by atoms with Gasteiger partial charge in [-0.15, -0.1) is 0 Å². The summed E-state index contributed by atoms with van der Waals surface area (Å²) in [7, 11) is 1.60. The van der Waals surface area contributed by atoms with E-state index in [4.69, 9.17) is 5.26 Å². The Balaban J connectivity index is 1.84. The van der Waals surface area contributed by atoms with Crippen LogP contribution in [0, 0.1) is 11.5 Å². The first-order valence-electron chi connectivity index (χ1n) is 7.99. The molecule has 0 amide bonds. The number of aryl methyl sites for hydroxylation is 1. The fraction of sp³-hybridized carbons (Fsp3) is 0.294. The minimum absolute atomic E-state index is 0.131. The largest absolute Gasteiger partial charge is 0.356 e. The standard InChI is InChI=1S/C17H21N7O/c1-19-17(21-13-18)20-11-5-6-12-24-16(25)10-9-15(23-24)22-14-7-3-2-4-8-14/h2-4,7-10H,5-6,11-12H2,1H3,(H,22,23)(H2,19,20,21). The van der Waals surface area contributed by atoms with E-state index < -0.39 is 0 Å². The van der Waals surface area contributed by atoms with E-state index >= 15 is 0 Å². The van der Waals surface area contributed by atoms with Gasteiger partial charge in [0.25, 0.3) is 5.56 Å². The molecule has 8 nitrogen and oxygen atoms in total. The van der Waals surface area contributed by atoms with Crippen LogP contribution < -0.4 is 21.5 Å². The Labute approximate surface area is 146 Å². The first-order chi connectivity index (χ1) is 12.2. The van der Waals surface area contributed by atoms with Crippen molar-refractivity contribution in [3.05, 3.63) is 52.8 Å². The summed E-state index contributed by atoms with van der Waals surface area (Å²) in [5, 5.41) is 21.5. The van der Waals surface area contributed by atoms with Gasteiger partial charge >= 0.3 is 0 Å². The number of para-hydroxylation sites is 1. The van der Waals surface area contributed by atoms with Crippen LogP contribution in [-0.2, 0) is 6.54 Å². The molecule has 3 N–H and O–H groups in total. The molecule has 0 spiro atoms. The van der Waals surface area contributed by atoms with E-state index in [-0.39, 0.29) is 5.56 Å². The Bertz CT molecular complexity index is 793. The van der Waals surface area contributed by atoms with E-state index in [2.05, 4.69) is 26.0 Å². The second kappa shape index (κ2) is 9.72. The summed E-state index contributed by atoms with van der Waals surface area (Å²) >= 11 is 0. The molecule has 0 bridgehead atoms. The number of nitrogens with one attached hydrogen (secondary N) is 3. The summed E-state index contributed by atoms with van der Waals surface area (Å²) in [6, 6.07) is 12.9. The molecule has 0 fully saturated rings. The van der Waals surface area contributed by atoms with Crippen molar-refractivity contribution in [2.24, 2.45) is 4.99 Å². The topological polar surface area (TPSA) is 107 Å². The number of nitrogens with zero attached hydrogens (tertiary/aromatic N) is 4. The Kier molecular flexibility index (Phi) is 7.00. The smallest absolute Gasteiger partial charge is 0.266 e. The lowest BCUT2D eigenvalue weighted by Crippen LogP contribution is -2.35. The number of anilines is 2. The van der Waals surface area contributed by atoms with Crippen molar-refractivity contribution in [3.63, 3.8) is 0 Å². The summed E-state index contributed by atoms with van der Waals surface area (Å²) in [5.74, 6) is 1.06. The molecule has 2 aromatic rings. The molecule has 1 aromatic carbocycles. The average molecular weight is 339 g/mol. The van der Waals surface area contributed by atoms with Gasteiger partial charge in [0.2, 0.25) is 5.96 Å². The monoisotopic (exact) mass is 339 g/mol. The van der Waals surface area contributed by atoms with Crippen molar-refractivity contribution in [1.29, 1.82) is 5.26 Å². The average Bonchev–Trinajstić information content (AvgIpc) is 2.64. The van der Waals surface area contributed by atoms with Crippen molar-refractivity contribution in [2.45, 2.75) is 19.4 Å². The Morgan fingerprint density at radius 1 is 1.24 bits per heavy atom. The third-order valence-electron chi connectivity index (χ3n) is 3.40. The molecule has 0 aliphatic carbocycles. The zero-order valence-corrected chi connectivity index (χ0v) is 14.1. The number of unbranched alkanes of at least 4 members (excludes halogenated alkanes) is 1. The lowest BCUT2D eigenvalue weighted by Gasteiger charge is -2.10. The highest BCUT2D eigenvalue weighted by atomic mass is 16.1. The van der Waals surface area contributed by atoms with Gasteiger partial charge in [0.15, 0.2) is 12.0 Å². The van der Waals surface area contributed by atoms with Crippen LogP contribution in [0.1, 0.15) is 12.8 Å². The second-order valence-electron chi connectivity index (χ2n) is 5.21. The Hall–Kier alpha value is -3.34. The number of nitriles is 1. The third kappa shape index (κ3) is 5.99. The lowest BCUT2D eigenvalue weighted by atomic mass is 10.3. The summed E-state index contributed by atoms with van der Waals surface area (Å²) in [5.41, 5.74) is 0.786. The quantitative estimate of drug-likeness (QED) is 0.231. The molecule has 0 aliphatic rings. The van der Waals surface area contributed by atoms with Crippen LogP contribution in [0.15, 0.2) is 52.3 Å². The maximum Gasteiger partial charge on any atom is 0.266 e. The summed E-state index contributed by atoms with van der Waals surface area (Å²) in [6.07, 6.45) is 3.41. The SMILES string of the molecule is CN=C(NC#N)NCCCCn1nc(Nc2ccccc2)ccc1=O. The molecule has 1 aromatic heterocycles. The maximum absolute atomic E-state index is 11.9. The molecule has 130 valence electrons.